The zero-order chi connectivity index (χ0) is 16.1. The number of fused-ring (bicyclic) bond motifs is 4. The first-order valence-corrected chi connectivity index (χ1v) is 8.87. The van der Waals surface area contributed by atoms with Crippen LogP contribution in [0.1, 0.15) is 34.0 Å². The van der Waals surface area contributed by atoms with E-state index in [2.05, 4.69) is 53.6 Å². The molecular weight excluding hydrogens is 296 g/mol. The van der Waals surface area contributed by atoms with E-state index in [9.17, 15) is 0 Å². The molecule has 2 aliphatic rings. The van der Waals surface area contributed by atoms with Crippen LogP contribution >= 0.6 is 0 Å². The van der Waals surface area contributed by atoms with Crippen molar-refractivity contribution >= 4 is 10.9 Å². The van der Waals surface area contributed by atoms with Crippen LogP contribution in [0.5, 0.6) is 5.75 Å². The summed E-state index contributed by atoms with van der Waals surface area (Å²) in [5.74, 6) is 1.12. The fourth-order valence-corrected chi connectivity index (χ4v) is 4.26. The average molecular weight is 318 g/mol. The summed E-state index contributed by atoms with van der Waals surface area (Å²) in [5, 5.41) is 5.10. The van der Waals surface area contributed by atoms with Gasteiger partial charge in [-0.15, -0.1) is 0 Å². The number of aryl methyl sites for hydroxylation is 1. The maximum Gasteiger partial charge on any atom is 0.125 e. The highest BCUT2D eigenvalue weighted by Crippen LogP contribution is 2.36. The van der Waals surface area contributed by atoms with Gasteiger partial charge in [-0.3, -0.25) is 0 Å². The van der Waals surface area contributed by atoms with Gasteiger partial charge in [0, 0.05) is 23.0 Å². The summed E-state index contributed by atoms with van der Waals surface area (Å²) in [5.41, 5.74) is 8.12. The topological polar surface area (TPSA) is 37.0 Å². The third-order valence-corrected chi connectivity index (χ3v) is 5.43. The lowest BCUT2D eigenvalue weighted by Gasteiger charge is -2.25. The predicted octanol–water partition coefficient (Wildman–Crippen LogP) is 3.84. The van der Waals surface area contributed by atoms with Gasteiger partial charge in [-0.1, -0.05) is 29.8 Å². The van der Waals surface area contributed by atoms with E-state index >= 15 is 0 Å². The number of hydrogen-bond acceptors (Lipinski definition) is 2. The van der Waals surface area contributed by atoms with E-state index in [1.807, 2.05) is 0 Å². The second kappa shape index (κ2) is 5.38. The van der Waals surface area contributed by atoms with Gasteiger partial charge in [0.2, 0.25) is 0 Å². The monoisotopic (exact) mass is 318 g/mol. The predicted molar refractivity (Wildman–Crippen MR) is 96.8 cm³/mol. The lowest BCUT2D eigenvalue weighted by atomic mass is 9.93. The van der Waals surface area contributed by atoms with Gasteiger partial charge in [0.05, 0.1) is 12.6 Å². The summed E-state index contributed by atoms with van der Waals surface area (Å²) in [6.45, 7) is 4.03. The quantitative estimate of drug-likeness (QED) is 0.753. The Labute approximate surface area is 142 Å². The molecule has 0 fully saturated rings. The van der Waals surface area contributed by atoms with Crippen molar-refractivity contribution < 1.29 is 4.74 Å². The van der Waals surface area contributed by atoms with Crippen molar-refractivity contribution in [2.75, 3.05) is 13.2 Å². The molecule has 0 aliphatic carbocycles. The molecule has 0 spiro atoms. The zero-order valence-corrected chi connectivity index (χ0v) is 14.0. The van der Waals surface area contributed by atoms with Gasteiger partial charge in [0.25, 0.3) is 0 Å². The van der Waals surface area contributed by atoms with E-state index < -0.39 is 0 Å². The highest BCUT2D eigenvalue weighted by Gasteiger charge is 2.26. The van der Waals surface area contributed by atoms with E-state index in [4.69, 9.17) is 4.74 Å². The lowest BCUT2D eigenvalue weighted by molar-refractivity contribution is 0.351. The number of aromatic amines is 1. The number of rotatable bonds is 2. The van der Waals surface area contributed by atoms with Gasteiger partial charge < -0.3 is 15.0 Å². The Balaban J connectivity index is 1.55. The van der Waals surface area contributed by atoms with Gasteiger partial charge in [-0.25, -0.2) is 0 Å². The van der Waals surface area contributed by atoms with Crippen molar-refractivity contribution in [1.29, 1.82) is 0 Å². The fourth-order valence-electron chi connectivity index (χ4n) is 4.26. The molecule has 3 heterocycles. The Hall–Kier alpha value is -2.26. The van der Waals surface area contributed by atoms with Crippen molar-refractivity contribution in [2.45, 2.75) is 32.2 Å². The van der Waals surface area contributed by atoms with Crippen LogP contribution in [-0.2, 0) is 19.3 Å². The number of aromatic nitrogens is 1. The summed E-state index contributed by atoms with van der Waals surface area (Å²) in [7, 11) is 0. The molecule has 2 aliphatic heterocycles. The maximum absolute atomic E-state index is 5.90. The molecule has 1 aromatic heterocycles. The van der Waals surface area contributed by atoms with Crippen LogP contribution in [0.4, 0.5) is 0 Å². The number of H-pyrrole nitrogens is 1. The Morgan fingerprint density at radius 2 is 2.12 bits per heavy atom. The molecule has 1 unspecified atom stereocenters. The van der Waals surface area contributed by atoms with Gasteiger partial charge >= 0.3 is 0 Å². The summed E-state index contributed by atoms with van der Waals surface area (Å²) in [6, 6.07) is 13.6. The molecule has 2 aromatic carbocycles. The number of nitrogens with one attached hydrogen (secondary N) is 2. The van der Waals surface area contributed by atoms with E-state index in [1.54, 1.807) is 0 Å². The largest absolute Gasteiger partial charge is 0.493 e. The van der Waals surface area contributed by atoms with Gasteiger partial charge in [0.1, 0.15) is 5.75 Å². The van der Waals surface area contributed by atoms with E-state index in [-0.39, 0.29) is 0 Å². The minimum absolute atomic E-state index is 0.331. The summed E-state index contributed by atoms with van der Waals surface area (Å²) in [4.78, 5) is 3.68. The highest BCUT2D eigenvalue weighted by atomic mass is 16.5. The Bertz CT molecular complexity index is 925. The van der Waals surface area contributed by atoms with Crippen molar-refractivity contribution in [3.05, 3.63) is 64.3 Å². The third kappa shape index (κ3) is 2.15. The van der Waals surface area contributed by atoms with E-state index in [0.29, 0.717) is 6.04 Å². The van der Waals surface area contributed by atoms with Gasteiger partial charge in [0.15, 0.2) is 0 Å². The molecule has 0 saturated heterocycles. The zero-order valence-electron chi connectivity index (χ0n) is 14.0. The SMILES string of the molecule is Cc1ccc2[nH]c3c(c2c1)CCNC3Cc1cccc2c1OCC2. The van der Waals surface area contributed by atoms with Gasteiger partial charge in [-0.05, 0) is 55.1 Å². The van der Waals surface area contributed by atoms with Crippen LogP contribution < -0.4 is 10.1 Å². The number of ether oxygens (including phenoxy) is 1. The minimum Gasteiger partial charge on any atom is -0.493 e. The standard InChI is InChI=1S/C21H22N2O/c1-13-5-6-18-17(11-13)16-7-9-22-19(20(16)23-18)12-15-4-2-3-14-8-10-24-21(14)15/h2-6,11,19,22-23H,7-10,12H2,1H3. The molecule has 24 heavy (non-hydrogen) atoms. The molecule has 0 bridgehead atoms. The third-order valence-electron chi connectivity index (χ3n) is 5.43. The van der Waals surface area contributed by atoms with Crippen molar-refractivity contribution in [1.82, 2.24) is 10.3 Å². The van der Waals surface area contributed by atoms with E-state index in [0.717, 1.165) is 38.2 Å². The number of hydrogen-bond donors (Lipinski definition) is 2. The van der Waals surface area contributed by atoms with Crippen LogP contribution in [0.25, 0.3) is 10.9 Å². The molecule has 122 valence electrons. The Kier molecular flexibility index (Phi) is 3.17. The molecule has 1 atom stereocenters. The second-order valence-corrected chi connectivity index (χ2v) is 7.03. The normalized spacial score (nSPS) is 19.1. The summed E-state index contributed by atoms with van der Waals surface area (Å²) < 4.78 is 5.90. The summed E-state index contributed by atoms with van der Waals surface area (Å²) in [6.07, 6.45) is 3.11. The van der Waals surface area contributed by atoms with Crippen molar-refractivity contribution in [2.24, 2.45) is 0 Å². The lowest BCUT2D eigenvalue weighted by Crippen LogP contribution is -2.31. The van der Waals surface area contributed by atoms with E-state index in [1.165, 1.54) is 38.9 Å². The molecule has 0 radical (unpaired) electrons. The molecule has 3 aromatic rings. The highest BCUT2D eigenvalue weighted by molar-refractivity contribution is 5.85. The Morgan fingerprint density at radius 1 is 1.17 bits per heavy atom. The second-order valence-electron chi connectivity index (χ2n) is 7.03. The molecule has 5 rings (SSSR count). The van der Waals surface area contributed by atoms with Crippen LogP contribution in [0, 0.1) is 6.92 Å². The summed E-state index contributed by atoms with van der Waals surface area (Å²) >= 11 is 0. The molecular formula is C21H22N2O. The number of benzene rings is 2. The van der Waals surface area contributed by atoms with Crippen LogP contribution in [0.15, 0.2) is 36.4 Å². The Morgan fingerprint density at radius 3 is 3.08 bits per heavy atom. The molecule has 3 heteroatoms. The first kappa shape index (κ1) is 14.1. The molecule has 0 amide bonds. The first-order chi connectivity index (χ1) is 11.8. The fraction of sp³-hybridized carbons (Fsp3) is 0.333. The van der Waals surface area contributed by atoms with Crippen molar-refractivity contribution in [3.8, 4) is 5.75 Å². The van der Waals surface area contributed by atoms with Crippen molar-refractivity contribution in [3.63, 3.8) is 0 Å². The average Bonchev–Trinajstić information content (AvgIpc) is 3.20. The molecule has 0 saturated carbocycles. The first-order valence-electron chi connectivity index (χ1n) is 8.87. The molecule has 2 N–H and O–H groups in total. The van der Waals surface area contributed by atoms with Crippen LogP contribution in [0.2, 0.25) is 0 Å². The van der Waals surface area contributed by atoms with Crippen LogP contribution in [-0.4, -0.2) is 18.1 Å². The maximum atomic E-state index is 5.90. The smallest absolute Gasteiger partial charge is 0.125 e. The van der Waals surface area contributed by atoms with Gasteiger partial charge in [-0.2, -0.15) is 0 Å². The number of para-hydroxylation sites is 1. The van der Waals surface area contributed by atoms with Crippen LogP contribution in [0.3, 0.4) is 0 Å². The minimum atomic E-state index is 0.331. The molecule has 3 nitrogen and oxygen atoms in total.